The van der Waals surface area contributed by atoms with Gasteiger partial charge in [0.25, 0.3) is 0 Å². The third-order valence-corrected chi connectivity index (χ3v) is 4.47. The van der Waals surface area contributed by atoms with E-state index in [2.05, 4.69) is 0 Å². The monoisotopic (exact) mass is 362 g/mol. The molecule has 0 spiro atoms. The Kier molecular flexibility index (Phi) is 8.12. The lowest BCUT2D eigenvalue weighted by Crippen LogP contribution is -2.50. The van der Waals surface area contributed by atoms with E-state index in [0.717, 1.165) is 0 Å². The van der Waals surface area contributed by atoms with Gasteiger partial charge in [0.2, 0.25) is 5.91 Å². The molecule has 7 heteroatoms. The molecule has 0 aliphatic carbocycles. The zero-order chi connectivity index (χ0) is 16.0. The number of amides is 1. The molecule has 1 amide bonds. The molecule has 1 heterocycles. The van der Waals surface area contributed by atoms with E-state index in [9.17, 15) is 4.79 Å². The van der Waals surface area contributed by atoms with Gasteiger partial charge < -0.3 is 20.1 Å². The molecule has 1 aromatic carbocycles. The average Bonchev–Trinajstić information content (AvgIpc) is 2.56. The average molecular weight is 363 g/mol. The summed E-state index contributed by atoms with van der Waals surface area (Å²) in [6.45, 7) is 2.42. The Hall–Kier alpha value is -1.01. The molecular formula is C16H24Cl2N2O3. The van der Waals surface area contributed by atoms with Crippen molar-refractivity contribution in [2.75, 3.05) is 40.0 Å². The molecule has 0 saturated carbocycles. The van der Waals surface area contributed by atoms with Crippen molar-refractivity contribution in [3.63, 3.8) is 0 Å². The van der Waals surface area contributed by atoms with Crippen LogP contribution in [0.15, 0.2) is 24.3 Å². The van der Waals surface area contributed by atoms with Crippen molar-refractivity contribution in [3.8, 4) is 5.75 Å². The van der Waals surface area contributed by atoms with Gasteiger partial charge in [0.15, 0.2) is 0 Å². The molecule has 23 heavy (non-hydrogen) atoms. The Balaban J connectivity index is 0.00000264. The number of carbonyl (C=O) groups excluding carboxylic acids is 1. The maximum Gasteiger partial charge on any atom is 0.230 e. The Morgan fingerprint density at radius 2 is 2.04 bits per heavy atom. The standard InChI is InChI=1S/C16H23ClN2O3.ClH/c1-19(8-11-22-14-5-3-2-4-13(14)17)15(20)16(12-18)6-9-21-10-7-16;/h2-5H,6-12,18H2,1H3;1H. The van der Waals surface area contributed by atoms with Crippen molar-refractivity contribution >= 4 is 29.9 Å². The molecule has 130 valence electrons. The van der Waals surface area contributed by atoms with Crippen LogP contribution >= 0.6 is 24.0 Å². The molecule has 1 aliphatic heterocycles. The maximum atomic E-state index is 12.7. The molecule has 1 aliphatic rings. The summed E-state index contributed by atoms with van der Waals surface area (Å²) in [5, 5.41) is 0.569. The highest BCUT2D eigenvalue weighted by Crippen LogP contribution is 2.31. The number of nitrogens with two attached hydrogens (primary N) is 1. The molecular weight excluding hydrogens is 339 g/mol. The fourth-order valence-electron chi connectivity index (χ4n) is 2.63. The van der Waals surface area contributed by atoms with Gasteiger partial charge in [-0.1, -0.05) is 23.7 Å². The molecule has 0 aromatic heterocycles. The van der Waals surface area contributed by atoms with Gasteiger partial charge >= 0.3 is 0 Å². The number of hydrogen-bond donors (Lipinski definition) is 1. The van der Waals surface area contributed by atoms with Crippen LogP contribution < -0.4 is 10.5 Å². The lowest BCUT2D eigenvalue weighted by atomic mass is 9.79. The van der Waals surface area contributed by atoms with Crippen LogP contribution in [0.3, 0.4) is 0 Å². The van der Waals surface area contributed by atoms with Gasteiger partial charge in [0, 0.05) is 26.8 Å². The van der Waals surface area contributed by atoms with Crippen LogP contribution in [0.25, 0.3) is 0 Å². The summed E-state index contributed by atoms with van der Waals surface area (Å²) in [6.07, 6.45) is 1.36. The minimum absolute atomic E-state index is 0. The van der Waals surface area contributed by atoms with E-state index in [1.807, 2.05) is 18.2 Å². The van der Waals surface area contributed by atoms with Crippen molar-refractivity contribution < 1.29 is 14.3 Å². The third-order valence-electron chi connectivity index (χ3n) is 4.16. The van der Waals surface area contributed by atoms with Crippen LogP contribution in [-0.2, 0) is 9.53 Å². The number of likely N-dealkylation sites (N-methyl/N-ethyl adjacent to an activating group) is 1. The van der Waals surface area contributed by atoms with Crippen molar-refractivity contribution in [1.82, 2.24) is 4.90 Å². The first-order valence-corrected chi connectivity index (χ1v) is 7.87. The second kappa shape index (κ2) is 9.33. The second-order valence-electron chi connectivity index (χ2n) is 5.60. The van der Waals surface area contributed by atoms with Gasteiger partial charge in [0.05, 0.1) is 17.0 Å². The zero-order valence-corrected chi connectivity index (χ0v) is 14.9. The fraction of sp³-hybridized carbons (Fsp3) is 0.562. The van der Waals surface area contributed by atoms with Crippen LogP contribution in [0, 0.1) is 5.41 Å². The number of benzene rings is 1. The summed E-state index contributed by atoms with van der Waals surface area (Å²) < 4.78 is 11.0. The first-order chi connectivity index (χ1) is 10.6. The van der Waals surface area contributed by atoms with E-state index in [4.69, 9.17) is 26.8 Å². The van der Waals surface area contributed by atoms with Gasteiger partial charge in [-0.3, -0.25) is 4.79 Å². The minimum Gasteiger partial charge on any atom is -0.490 e. The molecule has 5 nitrogen and oxygen atoms in total. The number of hydrogen-bond acceptors (Lipinski definition) is 4. The van der Waals surface area contributed by atoms with Gasteiger partial charge in [-0.15, -0.1) is 12.4 Å². The predicted molar refractivity (Wildman–Crippen MR) is 93.4 cm³/mol. The van der Waals surface area contributed by atoms with Gasteiger partial charge in [-0.05, 0) is 25.0 Å². The molecule has 0 bridgehead atoms. The van der Waals surface area contributed by atoms with E-state index < -0.39 is 5.41 Å². The van der Waals surface area contributed by atoms with Crippen LogP contribution in [0.5, 0.6) is 5.75 Å². The number of rotatable bonds is 6. The van der Waals surface area contributed by atoms with Gasteiger partial charge in [-0.2, -0.15) is 0 Å². The zero-order valence-electron chi connectivity index (χ0n) is 13.3. The Morgan fingerprint density at radius 1 is 1.39 bits per heavy atom. The van der Waals surface area contributed by atoms with Gasteiger partial charge in [0.1, 0.15) is 12.4 Å². The summed E-state index contributed by atoms with van der Waals surface area (Å²) in [4.78, 5) is 14.4. The molecule has 2 N–H and O–H groups in total. The fourth-order valence-corrected chi connectivity index (χ4v) is 2.82. The van der Waals surface area contributed by atoms with E-state index >= 15 is 0 Å². The first kappa shape index (κ1) is 20.0. The van der Waals surface area contributed by atoms with Gasteiger partial charge in [-0.25, -0.2) is 0 Å². The maximum absolute atomic E-state index is 12.7. The molecule has 0 atom stereocenters. The van der Waals surface area contributed by atoms with E-state index in [-0.39, 0.29) is 18.3 Å². The summed E-state index contributed by atoms with van der Waals surface area (Å²) in [5.41, 5.74) is 5.38. The van der Waals surface area contributed by atoms with E-state index in [0.29, 0.717) is 56.5 Å². The second-order valence-corrected chi connectivity index (χ2v) is 6.01. The highest BCUT2D eigenvalue weighted by molar-refractivity contribution is 6.32. The third kappa shape index (κ3) is 4.98. The molecule has 1 saturated heterocycles. The predicted octanol–water partition coefficient (Wildman–Crippen LogP) is 2.35. The van der Waals surface area contributed by atoms with Crippen LogP contribution in [0.1, 0.15) is 12.8 Å². The molecule has 0 unspecified atom stereocenters. The molecule has 1 aromatic rings. The van der Waals surface area contributed by atoms with Crippen molar-refractivity contribution in [2.24, 2.45) is 11.1 Å². The summed E-state index contributed by atoms with van der Waals surface area (Å²) >= 11 is 6.03. The number of para-hydroxylation sites is 1. The van der Waals surface area contributed by atoms with Crippen molar-refractivity contribution in [2.45, 2.75) is 12.8 Å². The number of nitrogens with zero attached hydrogens (tertiary/aromatic N) is 1. The molecule has 2 rings (SSSR count). The number of carbonyl (C=O) groups is 1. The summed E-state index contributed by atoms with van der Waals surface area (Å²) in [7, 11) is 1.78. The highest BCUT2D eigenvalue weighted by Gasteiger charge is 2.40. The van der Waals surface area contributed by atoms with Crippen LogP contribution in [0.4, 0.5) is 0 Å². The SMILES string of the molecule is CN(CCOc1ccccc1Cl)C(=O)C1(CN)CCOCC1.Cl. The van der Waals surface area contributed by atoms with Crippen molar-refractivity contribution in [1.29, 1.82) is 0 Å². The normalized spacial score (nSPS) is 16.3. The first-order valence-electron chi connectivity index (χ1n) is 7.50. The topological polar surface area (TPSA) is 64.8 Å². The Morgan fingerprint density at radius 3 is 2.65 bits per heavy atom. The Labute approximate surface area is 148 Å². The van der Waals surface area contributed by atoms with E-state index in [1.54, 1.807) is 18.0 Å². The quantitative estimate of drug-likeness (QED) is 0.843. The number of ether oxygens (including phenoxy) is 2. The smallest absolute Gasteiger partial charge is 0.230 e. The molecule has 1 fully saturated rings. The summed E-state index contributed by atoms with van der Waals surface area (Å²) in [5.74, 6) is 0.700. The summed E-state index contributed by atoms with van der Waals surface area (Å²) in [6, 6.07) is 7.30. The lowest BCUT2D eigenvalue weighted by molar-refractivity contribution is -0.146. The Bertz CT molecular complexity index is 508. The molecule has 0 radical (unpaired) electrons. The van der Waals surface area contributed by atoms with E-state index in [1.165, 1.54) is 0 Å². The van der Waals surface area contributed by atoms with Crippen LogP contribution in [-0.4, -0.2) is 50.8 Å². The van der Waals surface area contributed by atoms with Crippen molar-refractivity contribution in [3.05, 3.63) is 29.3 Å². The lowest BCUT2D eigenvalue weighted by Gasteiger charge is -2.37. The van der Waals surface area contributed by atoms with Crippen LogP contribution in [0.2, 0.25) is 5.02 Å². The number of halogens is 2. The largest absolute Gasteiger partial charge is 0.490 e. The highest BCUT2D eigenvalue weighted by atomic mass is 35.5. The minimum atomic E-state index is -0.489.